The molecule has 114 valence electrons. The summed E-state index contributed by atoms with van der Waals surface area (Å²) in [5.74, 6) is 0.681. The summed E-state index contributed by atoms with van der Waals surface area (Å²) >= 11 is 4.65. The molecule has 1 unspecified atom stereocenters. The molecule has 4 nitrogen and oxygen atoms in total. The van der Waals surface area contributed by atoms with Crippen LogP contribution in [0.1, 0.15) is 10.9 Å². The molecular formula is C15H12BrFN2O2S. The number of nitrogens with zero attached hydrogens (tertiary/aromatic N) is 2. The molecular weight excluding hydrogens is 371 g/mol. The highest BCUT2D eigenvalue weighted by Crippen LogP contribution is 2.45. The van der Waals surface area contributed by atoms with Crippen LogP contribution in [0.15, 0.2) is 41.0 Å². The number of benzene rings is 1. The molecule has 1 atom stereocenters. The van der Waals surface area contributed by atoms with E-state index in [4.69, 9.17) is 4.74 Å². The second-order valence-corrected chi connectivity index (χ2v) is 6.48. The summed E-state index contributed by atoms with van der Waals surface area (Å²) in [6.45, 7) is 0. The molecule has 0 spiro atoms. The Balaban J connectivity index is 2.09. The van der Waals surface area contributed by atoms with Gasteiger partial charge >= 0.3 is 0 Å². The number of methoxy groups -OCH3 is 1. The molecule has 1 aliphatic heterocycles. The summed E-state index contributed by atoms with van der Waals surface area (Å²) in [7, 11) is 1.49. The van der Waals surface area contributed by atoms with Crippen LogP contribution >= 0.6 is 27.7 Å². The van der Waals surface area contributed by atoms with Gasteiger partial charge < -0.3 is 4.74 Å². The van der Waals surface area contributed by atoms with E-state index in [0.29, 0.717) is 21.7 Å². The second kappa shape index (κ2) is 6.26. The van der Waals surface area contributed by atoms with E-state index >= 15 is 0 Å². The van der Waals surface area contributed by atoms with E-state index < -0.39 is 11.2 Å². The summed E-state index contributed by atoms with van der Waals surface area (Å²) in [6, 6.07) is 9.94. The lowest BCUT2D eigenvalue weighted by molar-refractivity contribution is -0.115. The van der Waals surface area contributed by atoms with E-state index in [-0.39, 0.29) is 11.7 Å². The van der Waals surface area contributed by atoms with Crippen molar-refractivity contribution in [2.24, 2.45) is 0 Å². The van der Waals surface area contributed by atoms with Crippen molar-refractivity contribution in [1.29, 1.82) is 0 Å². The van der Waals surface area contributed by atoms with Crippen molar-refractivity contribution in [3.8, 4) is 5.75 Å². The summed E-state index contributed by atoms with van der Waals surface area (Å²) in [5.41, 5.74) is 0.364. The third kappa shape index (κ3) is 2.70. The summed E-state index contributed by atoms with van der Waals surface area (Å²) in [5, 5.41) is -0.495. The molecule has 0 N–H and O–H groups in total. The molecule has 2 heterocycles. The normalized spacial score (nSPS) is 17.9. The predicted octanol–water partition coefficient (Wildman–Crippen LogP) is 3.77. The van der Waals surface area contributed by atoms with Crippen molar-refractivity contribution in [2.45, 2.75) is 5.37 Å². The minimum atomic E-state index is -0.495. The van der Waals surface area contributed by atoms with Gasteiger partial charge in [0.1, 0.15) is 27.4 Å². The molecule has 1 amide bonds. The van der Waals surface area contributed by atoms with E-state index in [1.165, 1.54) is 29.8 Å². The van der Waals surface area contributed by atoms with Crippen molar-refractivity contribution in [3.63, 3.8) is 0 Å². The van der Waals surface area contributed by atoms with Crippen LogP contribution in [0.5, 0.6) is 5.75 Å². The lowest BCUT2D eigenvalue weighted by atomic mass is 10.1. The minimum Gasteiger partial charge on any atom is -0.496 e. The number of halogens is 2. The molecule has 3 rings (SSSR count). The lowest BCUT2D eigenvalue weighted by Crippen LogP contribution is -2.29. The van der Waals surface area contributed by atoms with Crippen LogP contribution in [-0.4, -0.2) is 23.8 Å². The molecule has 0 radical (unpaired) electrons. The Morgan fingerprint density at radius 2 is 2.14 bits per heavy atom. The molecule has 1 aromatic heterocycles. The average molecular weight is 383 g/mol. The fourth-order valence-corrected chi connectivity index (χ4v) is 3.90. The van der Waals surface area contributed by atoms with Crippen molar-refractivity contribution in [1.82, 2.24) is 4.98 Å². The lowest BCUT2D eigenvalue weighted by Gasteiger charge is -2.25. The van der Waals surface area contributed by atoms with Crippen LogP contribution < -0.4 is 9.64 Å². The first-order valence-corrected chi connectivity index (χ1v) is 8.34. The van der Waals surface area contributed by atoms with Gasteiger partial charge in [0.25, 0.3) is 0 Å². The Morgan fingerprint density at radius 3 is 2.86 bits per heavy atom. The molecule has 0 aliphatic carbocycles. The zero-order chi connectivity index (χ0) is 15.7. The summed E-state index contributed by atoms with van der Waals surface area (Å²) < 4.78 is 20.2. The van der Waals surface area contributed by atoms with Gasteiger partial charge in [0.2, 0.25) is 5.91 Å². The van der Waals surface area contributed by atoms with Gasteiger partial charge in [-0.2, -0.15) is 0 Å². The number of ether oxygens (including phenoxy) is 1. The first-order valence-electron chi connectivity index (χ1n) is 6.50. The van der Waals surface area contributed by atoms with Crippen LogP contribution in [0.3, 0.4) is 0 Å². The minimum absolute atomic E-state index is 0.106. The van der Waals surface area contributed by atoms with Crippen LogP contribution in [0.25, 0.3) is 0 Å². The predicted molar refractivity (Wildman–Crippen MR) is 87.6 cm³/mol. The largest absolute Gasteiger partial charge is 0.496 e. The van der Waals surface area contributed by atoms with Gasteiger partial charge in [0.15, 0.2) is 0 Å². The highest BCUT2D eigenvalue weighted by atomic mass is 79.9. The first-order chi connectivity index (χ1) is 10.6. The maximum Gasteiger partial charge on any atom is 0.239 e. The highest BCUT2D eigenvalue weighted by molar-refractivity contribution is 9.10. The molecule has 2 aromatic rings. The van der Waals surface area contributed by atoms with Gasteiger partial charge in [-0.15, -0.1) is 11.8 Å². The number of rotatable bonds is 3. The standard InChI is InChI=1S/C15H12BrFN2O2S/c1-21-10-5-2-4-9(17)14(10)15-19(13(20)8-22-15)12-7-3-6-11(16)18-12/h2-7,15H,8H2,1H3. The number of amides is 1. The van der Waals surface area contributed by atoms with E-state index in [2.05, 4.69) is 20.9 Å². The number of hydrogen-bond donors (Lipinski definition) is 0. The number of anilines is 1. The first kappa shape index (κ1) is 15.3. The highest BCUT2D eigenvalue weighted by Gasteiger charge is 2.38. The topological polar surface area (TPSA) is 42.4 Å². The van der Waals surface area contributed by atoms with Gasteiger partial charge in [-0.3, -0.25) is 9.69 Å². The quantitative estimate of drug-likeness (QED) is 0.757. The summed E-state index contributed by atoms with van der Waals surface area (Å²) in [6.07, 6.45) is 0. The number of hydrogen-bond acceptors (Lipinski definition) is 4. The average Bonchev–Trinajstić information content (AvgIpc) is 2.88. The van der Waals surface area contributed by atoms with Crippen molar-refractivity contribution < 1.29 is 13.9 Å². The third-order valence-electron chi connectivity index (χ3n) is 3.29. The molecule has 1 saturated heterocycles. The van der Waals surface area contributed by atoms with Gasteiger partial charge in [0.05, 0.1) is 18.4 Å². The van der Waals surface area contributed by atoms with E-state index in [9.17, 15) is 9.18 Å². The molecule has 1 aromatic carbocycles. The van der Waals surface area contributed by atoms with Crippen LogP contribution in [0.2, 0.25) is 0 Å². The van der Waals surface area contributed by atoms with E-state index in [0.717, 1.165) is 0 Å². The number of pyridine rings is 1. The van der Waals surface area contributed by atoms with Gasteiger partial charge in [-0.05, 0) is 40.2 Å². The Morgan fingerprint density at radius 1 is 1.36 bits per heavy atom. The molecule has 7 heteroatoms. The fourth-order valence-electron chi connectivity index (χ4n) is 2.35. The Bertz CT molecular complexity index is 728. The maximum absolute atomic E-state index is 14.3. The molecule has 1 fully saturated rings. The zero-order valence-corrected chi connectivity index (χ0v) is 14.0. The Labute approximate surface area is 139 Å². The Hall–Kier alpha value is -1.60. The van der Waals surface area contributed by atoms with Crippen LogP contribution in [-0.2, 0) is 4.79 Å². The van der Waals surface area contributed by atoms with E-state index in [1.54, 1.807) is 30.3 Å². The van der Waals surface area contributed by atoms with Crippen molar-refractivity contribution in [3.05, 3.63) is 52.4 Å². The number of aromatic nitrogens is 1. The Kier molecular flexibility index (Phi) is 4.35. The smallest absolute Gasteiger partial charge is 0.239 e. The number of thioether (sulfide) groups is 1. The van der Waals surface area contributed by atoms with Gasteiger partial charge in [0, 0.05) is 0 Å². The molecule has 0 saturated carbocycles. The molecule has 1 aliphatic rings. The van der Waals surface area contributed by atoms with Crippen LogP contribution in [0, 0.1) is 5.82 Å². The number of carbonyl (C=O) groups excluding carboxylic acids is 1. The third-order valence-corrected chi connectivity index (χ3v) is 4.91. The zero-order valence-electron chi connectivity index (χ0n) is 11.6. The number of carbonyl (C=O) groups is 1. The van der Waals surface area contributed by atoms with Crippen LogP contribution in [0.4, 0.5) is 10.2 Å². The second-order valence-electron chi connectivity index (χ2n) is 4.60. The summed E-state index contributed by atoms with van der Waals surface area (Å²) in [4.78, 5) is 18.1. The molecule has 22 heavy (non-hydrogen) atoms. The van der Waals surface area contributed by atoms with E-state index in [1.807, 2.05) is 0 Å². The SMILES string of the molecule is COc1cccc(F)c1C1SCC(=O)N1c1cccc(Br)n1. The van der Waals surface area contributed by atoms with Gasteiger partial charge in [-0.1, -0.05) is 12.1 Å². The monoisotopic (exact) mass is 382 g/mol. The maximum atomic E-state index is 14.3. The van der Waals surface area contributed by atoms with Crippen molar-refractivity contribution in [2.75, 3.05) is 17.8 Å². The molecule has 0 bridgehead atoms. The van der Waals surface area contributed by atoms with Crippen molar-refractivity contribution >= 4 is 39.4 Å². The van der Waals surface area contributed by atoms with Gasteiger partial charge in [-0.25, -0.2) is 9.37 Å². The fraction of sp³-hybridized carbons (Fsp3) is 0.200.